The maximum atomic E-state index is 2.43. The molecule has 0 aromatic rings. The van der Waals surface area contributed by atoms with E-state index in [9.17, 15) is 0 Å². The maximum Gasteiger partial charge on any atom is -0.0200 e. The molecule has 0 amide bonds. The Bertz CT molecular complexity index is 408. The van der Waals surface area contributed by atoms with Crippen molar-refractivity contribution in [3.05, 3.63) is 0 Å². The van der Waals surface area contributed by atoms with Gasteiger partial charge in [0, 0.05) is 0 Å². The van der Waals surface area contributed by atoms with Gasteiger partial charge in [-0.05, 0) is 58.2 Å². The Morgan fingerprint density at radius 3 is 0.655 bits per heavy atom. The van der Waals surface area contributed by atoms with Crippen LogP contribution in [0.25, 0.3) is 0 Å². The first-order chi connectivity index (χ1) is 11.9. The lowest BCUT2D eigenvalue weighted by Crippen LogP contribution is -2.47. The van der Waals surface area contributed by atoms with E-state index in [1.54, 1.807) is 0 Å². The number of hydrogen-bond acceptors (Lipinski definition) is 0. The van der Waals surface area contributed by atoms with E-state index in [0.717, 1.165) is 0 Å². The van der Waals surface area contributed by atoms with Gasteiger partial charge in [0.25, 0.3) is 0 Å². The molecule has 0 aromatic carbocycles. The lowest BCUT2D eigenvalue weighted by molar-refractivity contribution is -0.0638. The Labute approximate surface area is 188 Å². The summed E-state index contributed by atoms with van der Waals surface area (Å²) in [5.74, 6) is 0. The first kappa shape index (κ1) is 31.2. The SMILES string of the molecule is C.C.CC(C)(C)C1(C(C)(C)C)CCCC1.CC(C)(C)C1(C(C)(C)C)CCCCC1. The van der Waals surface area contributed by atoms with E-state index in [2.05, 4.69) is 83.1 Å². The highest BCUT2D eigenvalue weighted by molar-refractivity contribution is 5.01. The van der Waals surface area contributed by atoms with Crippen LogP contribution in [-0.2, 0) is 0 Å². The van der Waals surface area contributed by atoms with E-state index >= 15 is 0 Å². The normalized spacial score (nSPS) is 21.9. The van der Waals surface area contributed by atoms with Crippen LogP contribution in [0.1, 0.15) is 156 Å². The standard InChI is InChI=1S/C14H28.C13H26.2CH4/c1-12(2,3)14(13(4,5)6)10-8-7-9-11-14;1-11(2,3)13(12(4,5)6)9-7-8-10-13;;/h7-11H2,1-6H3;7-10H2,1-6H3;2*1H4. The summed E-state index contributed by atoms with van der Waals surface area (Å²) in [6, 6.07) is 0. The summed E-state index contributed by atoms with van der Waals surface area (Å²) >= 11 is 0. The molecule has 0 aromatic heterocycles. The Balaban J connectivity index is 0. The van der Waals surface area contributed by atoms with Crippen molar-refractivity contribution in [1.82, 2.24) is 0 Å². The molecule has 0 heterocycles. The van der Waals surface area contributed by atoms with Crippen LogP contribution in [0.5, 0.6) is 0 Å². The zero-order valence-corrected chi connectivity index (χ0v) is 21.4. The lowest BCUT2D eigenvalue weighted by Gasteiger charge is -2.56. The van der Waals surface area contributed by atoms with Crippen LogP contribution >= 0.6 is 0 Å². The Morgan fingerprint density at radius 2 is 0.517 bits per heavy atom. The van der Waals surface area contributed by atoms with Gasteiger partial charge in [0.05, 0.1) is 0 Å². The molecule has 0 aliphatic heterocycles. The van der Waals surface area contributed by atoms with E-state index in [1.807, 2.05) is 0 Å². The molecular formula is C29H62. The van der Waals surface area contributed by atoms with Gasteiger partial charge < -0.3 is 0 Å². The average Bonchev–Trinajstić information content (AvgIpc) is 2.97. The second-order valence-electron chi connectivity index (χ2n) is 13.9. The van der Waals surface area contributed by atoms with Gasteiger partial charge >= 0.3 is 0 Å². The van der Waals surface area contributed by atoms with Gasteiger partial charge in [-0.2, -0.15) is 0 Å². The van der Waals surface area contributed by atoms with E-state index in [1.165, 1.54) is 57.8 Å². The molecule has 0 atom stereocenters. The molecule has 29 heavy (non-hydrogen) atoms. The fourth-order valence-electron chi connectivity index (χ4n) is 7.38. The summed E-state index contributed by atoms with van der Waals surface area (Å²) in [7, 11) is 0. The van der Waals surface area contributed by atoms with Gasteiger partial charge in [-0.25, -0.2) is 0 Å². The summed E-state index contributed by atoms with van der Waals surface area (Å²) < 4.78 is 0. The van der Waals surface area contributed by atoms with E-state index in [0.29, 0.717) is 32.5 Å². The molecular weight excluding hydrogens is 348 g/mol. The Hall–Kier alpha value is 0. The molecule has 0 bridgehead atoms. The van der Waals surface area contributed by atoms with Gasteiger partial charge in [-0.3, -0.25) is 0 Å². The summed E-state index contributed by atoms with van der Waals surface area (Å²) in [5, 5.41) is 0. The monoisotopic (exact) mass is 410 g/mol. The van der Waals surface area contributed by atoms with Crippen LogP contribution in [0, 0.1) is 32.5 Å². The third-order valence-corrected chi connectivity index (χ3v) is 8.91. The smallest absolute Gasteiger partial charge is 0.0200 e. The van der Waals surface area contributed by atoms with Crippen molar-refractivity contribution < 1.29 is 0 Å². The summed E-state index contributed by atoms with van der Waals surface area (Å²) in [6.45, 7) is 29.1. The molecule has 0 radical (unpaired) electrons. The fraction of sp³-hybridized carbons (Fsp3) is 1.00. The summed E-state index contributed by atoms with van der Waals surface area (Å²) in [4.78, 5) is 0. The van der Waals surface area contributed by atoms with E-state index in [-0.39, 0.29) is 14.9 Å². The Kier molecular flexibility index (Phi) is 10.8. The lowest BCUT2D eigenvalue weighted by atomic mass is 9.49. The molecule has 0 unspecified atom stereocenters. The van der Waals surface area contributed by atoms with Crippen LogP contribution < -0.4 is 0 Å². The number of hydrogen-bond donors (Lipinski definition) is 0. The van der Waals surface area contributed by atoms with E-state index < -0.39 is 0 Å². The van der Waals surface area contributed by atoms with Crippen molar-refractivity contribution in [3.63, 3.8) is 0 Å². The highest BCUT2D eigenvalue weighted by atomic mass is 14.6. The summed E-state index contributed by atoms with van der Waals surface area (Å²) in [5.41, 5.74) is 2.94. The van der Waals surface area contributed by atoms with Crippen molar-refractivity contribution in [3.8, 4) is 0 Å². The molecule has 2 aliphatic rings. The molecule has 0 spiro atoms. The minimum absolute atomic E-state index is 0. The minimum Gasteiger partial charge on any atom is -0.0776 e. The van der Waals surface area contributed by atoms with Crippen LogP contribution in [0.2, 0.25) is 0 Å². The highest BCUT2D eigenvalue weighted by Crippen LogP contribution is 2.61. The minimum atomic E-state index is 0. The molecule has 2 saturated carbocycles. The van der Waals surface area contributed by atoms with Gasteiger partial charge in [0.15, 0.2) is 0 Å². The molecule has 0 N–H and O–H groups in total. The van der Waals surface area contributed by atoms with Crippen molar-refractivity contribution >= 4 is 0 Å². The highest BCUT2D eigenvalue weighted by Gasteiger charge is 2.51. The van der Waals surface area contributed by atoms with E-state index in [4.69, 9.17) is 0 Å². The molecule has 0 heteroatoms. The van der Waals surface area contributed by atoms with Crippen LogP contribution in [0.3, 0.4) is 0 Å². The molecule has 178 valence electrons. The zero-order valence-electron chi connectivity index (χ0n) is 21.4. The molecule has 2 fully saturated rings. The molecule has 0 saturated heterocycles. The van der Waals surface area contributed by atoms with Gasteiger partial charge in [0.2, 0.25) is 0 Å². The van der Waals surface area contributed by atoms with Gasteiger partial charge in [-0.1, -0.05) is 130 Å². The van der Waals surface area contributed by atoms with Gasteiger partial charge in [-0.15, -0.1) is 0 Å². The summed E-state index contributed by atoms with van der Waals surface area (Å²) in [6.07, 6.45) is 12.9. The van der Waals surface area contributed by atoms with Crippen LogP contribution in [0.4, 0.5) is 0 Å². The van der Waals surface area contributed by atoms with Crippen LogP contribution in [-0.4, -0.2) is 0 Å². The third-order valence-electron chi connectivity index (χ3n) is 8.91. The van der Waals surface area contributed by atoms with Crippen molar-refractivity contribution in [2.45, 2.75) is 156 Å². The predicted octanol–water partition coefficient (Wildman–Crippen LogP) is 10.9. The first-order valence-corrected chi connectivity index (χ1v) is 11.9. The Morgan fingerprint density at radius 1 is 0.345 bits per heavy atom. The molecule has 0 nitrogen and oxygen atoms in total. The third kappa shape index (κ3) is 6.26. The molecule has 2 rings (SSSR count). The zero-order chi connectivity index (χ0) is 21.4. The number of rotatable bonds is 0. The van der Waals surface area contributed by atoms with Crippen molar-refractivity contribution in [1.29, 1.82) is 0 Å². The quantitative estimate of drug-likeness (QED) is 0.372. The predicted molar refractivity (Wildman–Crippen MR) is 138 cm³/mol. The van der Waals surface area contributed by atoms with Gasteiger partial charge in [0.1, 0.15) is 0 Å². The fourth-order valence-corrected chi connectivity index (χ4v) is 7.38. The second kappa shape index (κ2) is 10.1. The van der Waals surface area contributed by atoms with Crippen molar-refractivity contribution in [2.75, 3.05) is 0 Å². The van der Waals surface area contributed by atoms with Crippen LogP contribution in [0.15, 0.2) is 0 Å². The second-order valence-corrected chi connectivity index (χ2v) is 13.9. The topological polar surface area (TPSA) is 0 Å². The largest absolute Gasteiger partial charge is 0.0776 e. The average molecular weight is 411 g/mol. The first-order valence-electron chi connectivity index (χ1n) is 11.9. The molecule has 2 aliphatic carbocycles. The maximum absolute atomic E-state index is 2.43. The van der Waals surface area contributed by atoms with Crippen molar-refractivity contribution in [2.24, 2.45) is 32.5 Å².